The SMILES string of the molecule is CN(C)CC(=O)Nc1cncc(-c2ccc3[nH]nc(-c4nc5c(-c6ccc(Cl)s6)ccnc5[nH]4)c3n2)c1. The summed E-state index contributed by atoms with van der Waals surface area (Å²) in [4.78, 5) is 36.7. The topological polar surface area (TPSA) is 128 Å². The molecule has 0 aliphatic carbocycles. The number of amides is 1. The number of carbonyl (C=O) groups is 1. The van der Waals surface area contributed by atoms with Gasteiger partial charge in [-0.25, -0.2) is 15.0 Å². The molecule has 0 aliphatic heterocycles. The van der Waals surface area contributed by atoms with Gasteiger partial charge in [0.2, 0.25) is 5.91 Å². The fraction of sp³-hybridized carbons (Fsp3) is 0.120. The summed E-state index contributed by atoms with van der Waals surface area (Å²) in [6.07, 6.45) is 5.06. The number of likely N-dealkylation sites (N-methyl/N-ethyl adjacent to an activating group) is 1. The van der Waals surface area contributed by atoms with E-state index in [-0.39, 0.29) is 12.5 Å². The van der Waals surface area contributed by atoms with E-state index in [1.165, 1.54) is 11.3 Å². The lowest BCUT2D eigenvalue weighted by atomic mass is 10.1. The Morgan fingerprint density at radius 3 is 2.81 bits per heavy atom. The maximum Gasteiger partial charge on any atom is 0.238 e. The average molecular weight is 530 g/mol. The lowest BCUT2D eigenvalue weighted by molar-refractivity contribution is -0.116. The molecule has 3 N–H and O–H groups in total. The summed E-state index contributed by atoms with van der Waals surface area (Å²) in [6, 6.07) is 11.4. The van der Waals surface area contributed by atoms with Crippen molar-refractivity contribution in [3.8, 4) is 33.2 Å². The van der Waals surface area contributed by atoms with Crippen LogP contribution in [0.2, 0.25) is 4.34 Å². The third kappa shape index (κ3) is 4.55. The standard InChI is InChI=1S/C25H20ClN9OS/c1-35(2)12-20(36)29-14-9-13(10-27-11-14)16-3-4-17-22(30-16)23(34-33-17)25-31-21-15(7-8-28-24(21)32-25)18-5-6-19(26)37-18/h3-11H,12H2,1-2H3,(H,29,36)(H,33,34)(H,28,31,32). The van der Waals surface area contributed by atoms with Gasteiger partial charge in [-0.2, -0.15) is 5.10 Å². The molecule has 0 spiro atoms. The molecule has 6 aromatic rings. The number of hydrogen-bond acceptors (Lipinski definition) is 8. The van der Waals surface area contributed by atoms with Gasteiger partial charge in [-0.3, -0.25) is 14.9 Å². The van der Waals surface area contributed by atoms with E-state index in [0.717, 1.165) is 27.0 Å². The quantitative estimate of drug-likeness (QED) is 0.281. The first kappa shape index (κ1) is 23.2. The third-order valence-electron chi connectivity index (χ3n) is 5.63. The number of anilines is 1. The summed E-state index contributed by atoms with van der Waals surface area (Å²) in [6.45, 7) is 0.278. The van der Waals surface area contributed by atoms with Gasteiger partial charge >= 0.3 is 0 Å². The molecule has 12 heteroatoms. The number of H-pyrrole nitrogens is 2. The van der Waals surface area contributed by atoms with Crippen molar-refractivity contribution in [2.24, 2.45) is 0 Å². The Morgan fingerprint density at radius 1 is 1.11 bits per heavy atom. The number of thiophene rings is 1. The largest absolute Gasteiger partial charge is 0.324 e. The molecule has 0 bridgehead atoms. The highest BCUT2D eigenvalue weighted by Gasteiger charge is 2.18. The first-order valence-corrected chi connectivity index (χ1v) is 12.5. The normalized spacial score (nSPS) is 11.6. The Balaban J connectivity index is 1.38. The summed E-state index contributed by atoms with van der Waals surface area (Å²) in [5, 5.41) is 10.4. The molecule has 0 saturated heterocycles. The zero-order valence-electron chi connectivity index (χ0n) is 19.8. The number of carbonyl (C=O) groups excluding carboxylic acids is 1. The van der Waals surface area contributed by atoms with Gasteiger partial charge in [0.05, 0.1) is 34.0 Å². The highest BCUT2D eigenvalue weighted by molar-refractivity contribution is 7.19. The minimum Gasteiger partial charge on any atom is -0.324 e. The number of imidazole rings is 1. The first-order valence-electron chi connectivity index (χ1n) is 11.3. The molecule has 0 atom stereocenters. The molecule has 1 amide bonds. The van der Waals surface area contributed by atoms with E-state index in [4.69, 9.17) is 21.6 Å². The Bertz CT molecular complexity index is 1770. The summed E-state index contributed by atoms with van der Waals surface area (Å²) in [5.41, 5.74) is 6.37. The maximum absolute atomic E-state index is 12.2. The Morgan fingerprint density at radius 2 is 2.00 bits per heavy atom. The molecule has 0 unspecified atom stereocenters. The molecule has 0 aromatic carbocycles. The molecule has 184 valence electrons. The van der Waals surface area contributed by atoms with E-state index in [2.05, 4.69) is 30.5 Å². The number of halogens is 1. The predicted octanol–water partition coefficient (Wildman–Crippen LogP) is 4.84. The van der Waals surface area contributed by atoms with Gasteiger partial charge in [0.15, 0.2) is 17.2 Å². The van der Waals surface area contributed by atoms with Crippen molar-refractivity contribution in [1.29, 1.82) is 0 Å². The van der Waals surface area contributed by atoms with Crippen LogP contribution in [0, 0.1) is 0 Å². The molecule has 10 nitrogen and oxygen atoms in total. The van der Waals surface area contributed by atoms with Crippen LogP contribution >= 0.6 is 22.9 Å². The number of pyridine rings is 3. The lowest BCUT2D eigenvalue weighted by Crippen LogP contribution is -2.27. The van der Waals surface area contributed by atoms with Gasteiger partial charge in [0.25, 0.3) is 0 Å². The lowest BCUT2D eigenvalue weighted by Gasteiger charge is -2.10. The number of aromatic nitrogens is 7. The Kier molecular flexibility index (Phi) is 5.87. The third-order valence-corrected chi connectivity index (χ3v) is 6.90. The summed E-state index contributed by atoms with van der Waals surface area (Å²) in [5.74, 6) is 0.434. The molecule has 6 rings (SSSR count). The Labute approximate surface area is 219 Å². The van der Waals surface area contributed by atoms with E-state index < -0.39 is 0 Å². The second kappa shape index (κ2) is 9.36. The summed E-state index contributed by atoms with van der Waals surface area (Å²) >= 11 is 7.65. The van der Waals surface area contributed by atoms with Crippen molar-refractivity contribution >= 4 is 56.7 Å². The van der Waals surface area contributed by atoms with E-state index in [1.807, 2.05) is 50.5 Å². The van der Waals surface area contributed by atoms with E-state index in [0.29, 0.717) is 38.4 Å². The Hall–Kier alpha value is -4.19. The zero-order valence-corrected chi connectivity index (χ0v) is 21.4. The number of hydrogen-bond donors (Lipinski definition) is 3. The van der Waals surface area contributed by atoms with Crippen LogP contribution in [-0.4, -0.2) is 66.6 Å². The average Bonchev–Trinajstić information content (AvgIpc) is 3.60. The summed E-state index contributed by atoms with van der Waals surface area (Å²) < 4.78 is 0.710. The minimum atomic E-state index is -0.118. The van der Waals surface area contributed by atoms with Gasteiger partial charge in [-0.05, 0) is 50.5 Å². The molecule has 0 saturated carbocycles. The molecule has 37 heavy (non-hydrogen) atoms. The molecule has 6 aromatic heterocycles. The number of rotatable bonds is 6. The fourth-order valence-electron chi connectivity index (χ4n) is 4.04. The first-order chi connectivity index (χ1) is 17.9. The smallest absolute Gasteiger partial charge is 0.238 e. The highest BCUT2D eigenvalue weighted by atomic mass is 35.5. The highest BCUT2D eigenvalue weighted by Crippen LogP contribution is 2.35. The van der Waals surface area contributed by atoms with E-state index in [1.54, 1.807) is 23.5 Å². The van der Waals surface area contributed by atoms with Crippen molar-refractivity contribution in [3.05, 3.63) is 59.3 Å². The van der Waals surface area contributed by atoms with Crippen LogP contribution in [0.3, 0.4) is 0 Å². The van der Waals surface area contributed by atoms with Crippen molar-refractivity contribution < 1.29 is 4.79 Å². The van der Waals surface area contributed by atoms with Gasteiger partial charge < -0.3 is 15.2 Å². The van der Waals surface area contributed by atoms with Crippen molar-refractivity contribution in [2.75, 3.05) is 26.0 Å². The summed E-state index contributed by atoms with van der Waals surface area (Å²) in [7, 11) is 3.68. The molecular formula is C25H20ClN9OS. The van der Waals surface area contributed by atoms with Crippen LogP contribution in [0.5, 0.6) is 0 Å². The molecule has 0 fully saturated rings. The van der Waals surface area contributed by atoms with Crippen LogP contribution in [0.1, 0.15) is 0 Å². The molecule has 6 heterocycles. The van der Waals surface area contributed by atoms with Crippen LogP contribution in [0.4, 0.5) is 5.69 Å². The second-order valence-electron chi connectivity index (χ2n) is 8.66. The maximum atomic E-state index is 12.2. The predicted molar refractivity (Wildman–Crippen MR) is 146 cm³/mol. The van der Waals surface area contributed by atoms with Crippen LogP contribution in [0.25, 0.3) is 55.4 Å². The molecule has 0 radical (unpaired) electrons. The number of fused-ring (bicyclic) bond motifs is 2. The van der Waals surface area contributed by atoms with Gasteiger partial charge in [0.1, 0.15) is 11.0 Å². The number of nitrogens with zero attached hydrogens (tertiary/aromatic N) is 6. The number of aromatic amines is 2. The van der Waals surface area contributed by atoms with Crippen LogP contribution in [-0.2, 0) is 4.79 Å². The zero-order chi connectivity index (χ0) is 25.5. The van der Waals surface area contributed by atoms with Crippen LogP contribution in [0.15, 0.2) is 55.0 Å². The second-order valence-corrected chi connectivity index (χ2v) is 10.4. The van der Waals surface area contributed by atoms with Crippen LogP contribution < -0.4 is 5.32 Å². The van der Waals surface area contributed by atoms with E-state index >= 15 is 0 Å². The van der Waals surface area contributed by atoms with Crippen molar-refractivity contribution in [2.45, 2.75) is 0 Å². The van der Waals surface area contributed by atoms with Gasteiger partial charge in [-0.1, -0.05) is 11.6 Å². The molecular weight excluding hydrogens is 510 g/mol. The van der Waals surface area contributed by atoms with Gasteiger partial charge in [0, 0.05) is 28.4 Å². The minimum absolute atomic E-state index is 0.118. The number of nitrogens with one attached hydrogen (secondary N) is 3. The van der Waals surface area contributed by atoms with Gasteiger partial charge in [-0.15, -0.1) is 11.3 Å². The van der Waals surface area contributed by atoms with Crippen molar-refractivity contribution in [3.63, 3.8) is 0 Å². The fourth-order valence-corrected chi connectivity index (χ4v) is 5.11. The monoisotopic (exact) mass is 529 g/mol. The van der Waals surface area contributed by atoms with E-state index in [9.17, 15) is 4.79 Å². The van der Waals surface area contributed by atoms with Crippen molar-refractivity contribution in [1.82, 2.24) is 40.0 Å². The molecule has 0 aliphatic rings.